The Bertz CT molecular complexity index is 1360. The Morgan fingerprint density at radius 1 is 1.17 bits per heavy atom. The van der Waals surface area contributed by atoms with Crippen LogP contribution >= 0.6 is 22.9 Å². The topological polar surface area (TPSA) is 74.1 Å². The Balaban J connectivity index is 1.57. The third kappa shape index (κ3) is 4.57. The van der Waals surface area contributed by atoms with Gasteiger partial charge < -0.3 is 14.8 Å². The Labute approximate surface area is 210 Å². The van der Waals surface area contributed by atoms with Crippen LogP contribution in [-0.2, 0) is 4.74 Å². The number of thiazole rings is 1. The first kappa shape index (κ1) is 23.9. The van der Waals surface area contributed by atoms with Crippen LogP contribution in [0, 0.1) is 13.8 Å². The van der Waals surface area contributed by atoms with E-state index in [1.807, 2.05) is 32.0 Å². The molecule has 1 aliphatic heterocycles. The number of anilines is 2. The number of aromatic nitrogens is 4. The molecule has 0 spiro atoms. The number of rotatable bonds is 6. The molecule has 11 heteroatoms. The van der Waals surface area contributed by atoms with Crippen LogP contribution in [0.15, 0.2) is 24.3 Å². The fraction of sp³-hybridized carbons (Fsp3) is 0.375. The molecular formula is C24H24ClF2N5O2S. The van der Waals surface area contributed by atoms with E-state index in [1.165, 1.54) is 4.57 Å². The summed E-state index contributed by atoms with van der Waals surface area (Å²) in [5.74, 6) is 0.180. The highest BCUT2D eigenvalue weighted by Gasteiger charge is 2.29. The molecule has 1 aliphatic rings. The third-order valence-corrected chi connectivity index (χ3v) is 7.35. The first-order valence-electron chi connectivity index (χ1n) is 11.2. The van der Waals surface area contributed by atoms with E-state index >= 15 is 0 Å². The molecule has 0 saturated carbocycles. The number of pyridine rings is 1. The molecule has 1 unspecified atom stereocenters. The molecule has 1 fully saturated rings. The summed E-state index contributed by atoms with van der Waals surface area (Å²) in [7, 11) is 1.57. The molecule has 1 N–H and O–H groups in total. The van der Waals surface area contributed by atoms with Crippen molar-refractivity contribution >= 4 is 45.5 Å². The standard InChI is InChI=1S/C24H24ClF2N5O2S/c1-12-13(2)35-24(28-12)14-7-8-15(17(10-14)33-3)29-16-11-18(25)30-22-20(16)31-23(21(26)27)32(22)19-6-4-5-9-34-19/h7-8,10-11,19,21H,4-6,9H2,1-3H3,(H,29,30). The van der Waals surface area contributed by atoms with Crippen molar-refractivity contribution in [2.45, 2.75) is 45.8 Å². The van der Waals surface area contributed by atoms with Crippen LogP contribution < -0.4 is 10.1 Å². The van der Waals surface area contributed by atoms with Gasteiger partial charge in [0, 0.05) is 23.1 Å². The molecule has 4 aromatic rings. The number of benzene rings is 1. The van der Waals surface area contributed by atoms with Crippen LogP contribution in [0.4, 0.5) is 20.2 Å². The fourth-order valence-corrected chi connectivity index (χ4v) is 5.28. The van der Waals surface area contributed by atoms with E-state index in [2.05, 4.69) is 20.3 Å². The van der Waals surface area contributed by atoms with Crippen molar-refractivity contribution in [2.24, 2.45) is 0 Å². The number of nitrogens with zero attached hydrogens (tertiary/aromatic N) is 4. The van der Waals surface area contributed by atoms with Gasteiger partial charge in [-0.05, 0) is 51.3 Å². The maximum absolute atomic E-state index is 14.0. The number of imidazole rings is 1. The lowest BCUT2D eigenvalue weighted by Gasteiger charge is -2.25. The van der Waals surface area contributed by atoms with Gasteiger partial charge in [0.15, 0.2) is 11.5 Å². The molecule has 5 rings (SSSR count). The third-order valence-electron chi connectivity index (χ3n) is 6.03. The van der Waals surface area contributed by atoms with Gasteiger partial charge in [0.05, 0.1) is 24.2 Å². The second kappa shape index (κ2) is 9.67. The molecule has 0 aliphatic carbocycles. The smallest absolute Gasteiger partial charge is 0.295 e. The lowest BCUT2D eigenvalue weighted by atomic mass is 10.2. The minimum atomic E-state index is -2.79. The van der Waals surface area contributed by atoms with E-state index < -0.39 is 12.7 Å². The number of nitrogens with one attached hydrogen (secondary N) is 1. The zero-order chi connectivity index (χ0) is 24.7. The van der Waals surface area contributed by atoms with Gasteiger partial charge >= 0.3 is 0 Å². The normalized spacial score (nSPS) is 16.3. The largest absolute Gasteiger partial charge is 0.495 e. The van der Waals surface area contributed by atoms with Crippen molar-refractivity contribution in [3.63, 3.8) is 0 Å². The van der Waals surface area contributed by atoms with Crippen molar-refractivity contribution in [1.82, 2.24) is 19.5 Å². The van der Waals surface area contributed by atoms with Gasteiger partial charge in [-0.3, -0.25) is 4.57 Å². The average molecular weight is 520 g/mol. The van der Waals surface area contributed by atoms with Crippen molar-refractivity contribution in [3.05, 3.63) is 45.8 Å². The summed E-state index contributed by atoms with van der Waals surface area (Å²) in [6.45, 7) is 4.51. The number of fused-ring (bicyclic) bond motifs is 1. The molecule has 0 radical (unpaired) electrons. The maximum atomic E-state index is 14.0. The van der Waals surface area contributed by atoms with Crippen molar-refractivity contribution in [1.29, 1.82) is 0 Å². The van der Waals surface area contributed by atoms with Crippen LogP contribution in [0.25, 0.3) is 21.7 Å². The summed E-state index contributed by atoms with van der Waals surface area (Å²) in [6, 6.07) is 7.25. The van der Waals surface area contributed by atoms with E-state index in [0.717, 1.165) is 34.0 Å². The minimum Gasteiger partial charge on any atom is -0.495 e. The Hall–Kier alpha value is -2.82. The van der Waals surface area contributed by atoms with E-state index in [-0.39, 0.29) is 22.1 Å². The zero-order valence-electron chi connectivity index (χ0n) is 19.4. The average Bonchev–Trinajstić information content (AvgIpc) is 3.40. The van der Waals surface area contributed by atoms with Gasteiger partial charge in [-0.25, -0.2) is 23.7 Å². The quantitative estimate of drug-likeness (QED) is 0.271. The highest BCUT2D eigenvalue weighted by Crippen LogP contribution is 2.39. The van der Waals surface area contributed by atoms with Crippen LogP contribution in [-0.4, -0.2) is 33.2 Å². The SMILES string of the molecule is COc1cc(-c2nc(C)c(C)s2)ccc1Nc1cc(Cl)nc2c1nc(C(F)F)n2C1CCCCO1. The summed E-state index contributed by atoms with van der Waals surface area (Å²) in [4.78, 5) is 14.4. The van der Waals surface area contributed by atoms with Crippen molar-refractivity contribution < 1.29 is 18.3 Å². The number of hydrogen-bond donors (Lipinski definition) is 1. The lowest BCUT2D eigenvalue weighted by molar-refractivity contribution is -0.0363. The predicted molar refractivity (Wildman–Crippen MR) is 133 cm³/mol. The Kier molecular flexibility index (Phi) is 6.61. The highest BCUT2D eigenvalue weighted by atomic mass is 35.5. The van der Waals surface area contributed by atoms with Crippen LogP contribution in [0.3, 0.4) is 0 Å². The van der Waals surface area contributed by atoms with Gasteiger partial charge in [0.25, 0.3) is 6.43 Å². The number of aryl methyl sites for hydroxylation is 2. The lowest BCUT2D eigenvalue weighted by Crippen LogP contribution is -2.20. The molecule has 3 aromatic heterocycles. The molecule has 35 heavy (non-hydrogen) atoms. The summed E-state index contributed by atoms with van der Waals surface area (Å²) >= 11 is 7.94. The number of methoxy groups -OCH3 is 1. The van der Waals surface area contributed by atoms with E-state index in [1.54, 1.807) is 24.5 Å². The van der Waals surface area contributed by atoms with Gasteiger partial charge in [0.1, 0.15) is 27.7 Å². The molecule has 1 saturated heterocycles. The van der Waals surface area contributed by atoms with Gasteiger partial charge in [-0.15, -0.1) is 11.3 Å². The summed E-state index contributed by atoms with van der Waals surface area (Å²) in [5.41, 5.74) is 3.54. The van der Waals surface area contributed by atoms with E-state index in [4.69, 9.17) is 21.1 Å². The summed E-state index contributed by atoms with van der Waals surface area (Å²) in [6.07, 6.45) is -0.978. The monoisotopic (exact) mass is 519 g/mol. The Morgan fingerprint density at radius 3 is 2.66 bits per heavy atom. The fourth-order valence-electron chi connectivity index (χ4n) is 4.18. The molecule has 0 amide bonds. The number of halogens is 3. The second-order valence-electron chi connectivity index (χ2n) is 8.33. The van der Waals surface area contributed by atoms with Gasteiger partial charge in [-0.1, -0.05) is 11.6 Å². The van der Waals surface area contributed by atoms with Crippen LogP contribution in [0.2, 0.25) is 5.15 Å². The first-order chi connectivity index (χ1) is 16.9. The van der Waals surface area contributed by atoms with E-state index in [0.29, 0.717) is 30.2 Å². The Morgan fingerprint density at radius 2 is 2.00 bits per heavy atom. The summed E-state index contributed by atoms with van der Waals surface area (Å²) in [5, 5.41) is 4.31. The molecule has 4 heterocycles. The predicted octanol–water partition coefficient (Wildman–Crippen LogP) is 7.21. The maximum Gasteiger partial charge on any atom is 0.295 e. The number of ether oxygens (including phenoxy) is 2. The van der Waals surface area contributed by atoms with Crippen molar-refractivity contribution in [2.75, 3.05) is 19.0 Å². The molecular weight excluding hydrogens is 496 g/mol. The van der Waals surface area contributed by atoms with Crippen LogP contribution in [0.1, 0.15) is 48.3 Å². The second-order valence-corrected chi connectivity index (χ2v) is 9.92. The summed E-state index contributed by atoms with van der Waals surface area (Å²) < 4.78 is 40.8. The highest BCUT2D eigenvalue weighted by molar-refractivity contribution is 7.15. The first-order valence-corrected chi connectivity index (χ1v) is 12.4. The van der Waals surface area contributed by atoms with Gasteiger partial charge in [0.2, 0.25) is 0 Å². The zero-order valence-corrected chi connectivity index (χ0v) is 21.0. The van der Waals surface area contributed by atoms with E-state index in [9.17, 15) is 8.78 Å². The number of alkyl halides is 2. The van der Waals surface area contributed by atoms with Crippen LogP contribution in [0.5, 0.6) is 5.75 Å². The van der Waals surface area contributed by atoms with Crippen molar-refractivity contribution in [3.8, 4) is 16.3 Å². The van der Waals surface area contributed by atoms with Gasteiger partial charge in [-0.2, -0.15) is 0 Å². The molecule has 1 atom stereocenters. The molecule has 0 bridgehead atoms. The molecule has 7 nitrogen and oxygen atoms in total. The number of hydrogen-bond acceptors (Lipinski definition) is 7. The molecule has 1 aromatic carbocycles. The molecule has 184 valence electrons. The minimum absolute atomic E-state index is 0.155.